The van der Waals surface area contributed by atoms with Crippen molar-refractivity contribution in [2.24, 2.45) is 11.8 Å². The van der Waals surface area contributed by atoms with E-state index >= 15 is 0 Å². The van der Waals surface area contributed by atoms with Gasteiger partial charge in [-0.25, -0.2) is 0 Å². The lowest BCUT2D eigenvalue weighted by atomic mass is 9.72. The number of rotatable bonds is 3. The molecule has 3 aliphatic carbocycles. The predicted octanol–water partition coefficient (Wildman–Crippen LogP) is 6.75. The van der Waals surface area contributed by atoms with Crippen LogP contribution >= 0.6 is 0 Å². The molecule has 0 radical (unpaired) electrons. The first-order valence-electron chi connectivity index (χ1n) is 10.2. The normalized spacial score (nSPS) is 25.5. The maximum absolute atomic E-state index is 6.38. The highest BCUT2D eigenvalue weighted by Crippen LogP contribution is 2.43. The second kappa shape index (κ2) is 7.60. The Morgan fingerprint density at radius 3 is 1.58 bits per heavy atom. The largest absolute Gasteiger partial charge is 0.364 e. The second-order valence-electron chi connectivity index (χ2n) is 9.09. The summed E-state index contributed by atoms with van der Waals surface area (Å²) in [5.74, 6) is 1.43. The molecule has 1 heteroatoms. The molecule has 0 saturated heterocycles. The Balaban J connectivity index is 1.85. The topological polar surface area (TPSA) is 9.23 Å². The zero-order valence-corrected chi connectivity index (χ0v) is 16.1. The molecule has 24 heavy (non-hydrogen) atoms. The van der Waals surface area contributed by atoms with Crippen molar-refractivity contribution in [3.63, 3.8) is 0 Å². The monoisotopic (exact) mass is 328 g/mol. The molecule has 0 aliphatic heterocycles. The number of hydrogen-bond acceptors (Lipinski definition) is 1. The van der Waals surface area contributed by atoms with Gasteiger partial charge in [0.25, 0.3) is 0 Å². The van der Waals surface area contributed by atoms with Gasteiger partial charge in [-0.2, -0.15) is 0 Å². The van der Waals surface area contributed by atoms with E-state index in [1.54, 1.807) is 0 Å². The Bertz CT molecular complexity index is 467. The summed E-state index contributed by atoms with van der Waals surface area (Å²) in [5, 5.41) is 0. The van der Waals surface area contributed by atoms with Crippen LogP contribution in [0.15, 0.2) is 35.5 Å². The van der Waals surface area contributed by atoms with E-state index in [0.717, 1.165) is 0 Å². The molecule has 0 aromatic rings. The molecule has 134 valence electrons. The molecular formula is C23H36O. The zero-order chi connectivity index (χ0) is 17.2. The molecule has 0 unspecified atom stereocenters. The predicted molar refractivity (Wildman–Crippen MR) is 103 cm³/mol. The molecule has 1 nitrogen and oxygen atoms in total. The summed E-state index contributed by atoms with van der Waals surface area (Å²) in [6.07, 6.45) is 18.6. The van der Waals surface area contributed by atoms with E-state index in [0.29, 0.717) is 11.8 Å². The van der Waals surface area contributed by atoms with Gasteiger partial charge in [-0.05, 0) is 87.2 Å². The Hall–Kier alpha value is -0.820. The van der Waals surface area contributed by atoms with Crippen LogP contribution in [0.2, 0.25) is 0 Å². The molecule has 0 bridgehead atoms. The van der Waals surface area contributed by atoms with E-state index in [4.69, 9.17) is 4.74 Å². The van der Waals surface area contributed by atoms with E-state index in [2.05, 4.69) is 39.5 Å². The third-order valence-electron chi connectivity index (χ3n) is 5.96. The molecule has 3 rings (SSSR count). The van der Waals surface area contributed by atoms with E-state index < -0.39 is 0 Å². The molecule has 0 N–H and O–H groups in total. The molecule has 0 atom stereocenters. The highest BCUT2D eigenvalue weighted by Gasteiger charge is 2.31. The Morgan fingerprint density at radius 1 is 0.792 bits per heavy atom. The molecule has 0 spiro atoms. The highest BCUT2D eigenvalue weighted by atomic mass is 16.5. The summed E-state index contributed by atoms with van der Waals surface area (Å²) in [5.41, 5.74) is 4.28. The Kier molecular flexibility index (Phi) is 5.70. The van der Waals surface area contributed by atoms with Crippen LogP contribution in [0.25, 0.3) is 0 Å². The van der Waals surface area contributed by atoms with Crippen molar-refractivity contribution < 1.29 is 4.74 Å². The van der Waals surface area contributed by atoms with Crippen molar-refractivity contribution >= 4 is 0 Å². The van der Waals surface area contributed by atoms with Gasteiger partial charge < -0.3 is 4.74 Å². The van der Waals surface area contributed by atoms with Gasteiger partial charge in [-0.1, -0.05) is 45.1 Å². The highest BCUT2D eigenvalue weighted by molar-refractivity contribution is 5.52. The lowest BCUT2D eigenvalue weighted by molar-refractivity contribution is -0.0193. The van der Waals surface area contributed by atoms with Gasteiger partial charge in [-0.15, -0.1) is 0 Å². The van der Waals surface area contributed by atoms with Crippen LogP contribution in [0.1, 0.15) is 85.0 Å². The van der Waals surface area contributed by atoms with Crippen LogP contribution in [0, 0.1) is 11.8 Å². The van der Waals surface area contributed by atoms with Gasteiger partial charge in [0.1, 0.15) is 0 Å². The molecule has 3 aliphatic rings. The first-order valence-corrected chi connectivity index (χ1v) is 10.2. The van der Waals surface area contributed by atoms with Crippen molar-refractivity contribution in [3.8, 4) is 0 Å². The van der Waals surface area contributed by atoms with Gasteiger partial charge in [0.15, 0.2) is 0 Å². The van der Waals surface area contributed by atoms with Gasteiger partial charge >= 0.3 is 0 Å². The smallest absolute Gasteiger partial charge is 0.0956 e. The first kappa shape index (κ1) is 18.0. The molecule has 0 heterocycles. The summed E-state index contributed by atoms with van der Waals surface area (Å²) >= 11 is 0. The second-order valence-corrected chi connectivity index (χ2v) is 9.09. The molecule has 2 fully saturated rings. The lowest BCUT2D eigenvalue weighted by Crippen LogP contribution is -2.29. The number of hydrogen-bond donors (Lipinski definition) is 0. The standard InChI is InChI=1S/C23H36O/c1-17-21(18-11-7-5-8-12-18)15-20(24-23(2,3)4)16-22(17)19-13-9-6-10-14-19/h15-16,18-20H,1,5-14H2,2-4H3. The van der Waals surface area contributed by atoms with Crippen molar-refractivity contribution in [2.75, 3.05) is 0 Å². The molecular weight excluding hydrogens is 292 g/mol. The van der Waals surface area contributed by atoms with Crippen LogP contribution in [-0.2, 0) is 4.74 Å². The summed E-state index contributed by atoms with van der Waals surface area (Å²) in [7, 11) is 0. The van der Waals surface area contributed by atoms with Gasteiger partial charge in [0.2, 0.25) is 0 Å². The average molecular weight is 329 g/mol. The van der Waals surface area contributed by atoms with E-state index in [1.165, 1.54) is 80.9 Å². The van der Waals surface area contributed by atoms with E-state index in [-0.39, 0.29) is 11.7 Å². The van der Waals surface area contributed by atoms with Gasteiger partial charge in [0.05, 0.1) is 11.7 Å². The van der Waals surface area contributed by atoms with Crippen molar-refractivity contribution in [1.29, 1.82) is 0 Å². The third-order valence-corrected chi connectivity index (χ3v) is 5.96. The Morgan fingerprint density at radius 2 is 1.21 bits per heavy atom. The molecule has 2 saturated carbocycles. The number of allylic oxidation sites excluding steroid dienone is 3. The van der Waals surface area contributed by atoms with E-state index in [1.807, 2.05) is 0 Å². The molecule has 0 aromatic carbocycles. The maximum Gasteiger partial charge on any atom is 0.0956 e. The van der Waals surface area contributed by atoms with Crippen molar-refractivity contribution in [3.05, 3.63) is 35.5 Å². The van der Waals surface area contributed by atoms with Crippen LogP contribution in [-0.4, -0.2) is 11.7 Å². The fourth-order valence-electron chi connectivity index (χ4n) is 4.84. The minimum atomic E-state index is -0.105. The van der Waals surface area contributed by atoms with E-state index in [9.17, 15) is 0 Å². The summed E-state index contributed by atoms with van der Waals surface area (Å²) in [6, 6.07) is 0. The minimum absolute atomic E-state index is 0.105. The van der Waals surface area contributed by atoms with Crippen LogP contribution in [0.4, 0.5) is 0 Å². The fraction of sp³-hybridized carbons (Fsp3) is 0.739. The quantitative estimate of drug-likeness (QED) is 0.556. The van der Waals surface area contributed by atoms with Crippen LogP contribution in [0.3, 0.4) is 0 Å². The third kappa shape index (κ3) is 4.42. The van der Waals surface area contributed by atoms with Crippen molar-refractivity contribution in [2.45, 2.75) is 96.7 Å². The minimum Gasteiger partial charge on any atom is -0.364 e. The summed E-state index contributed by atoms with van der Waals surface area (Å²) in [4.78, 5) is 0. The average Bonchev–Trinajstić information content (AvgIpc) is 2.56. The van der Waals surface area contributed by atoms with Crippen LogP contribution < -0.4 is 0 Å². The van der Waals surface area contributed by atoms with Gasteiger partial charge in [0, 0.05) is 0 Å². The van der Waals surface area contributed by atoms with Gasteiger partial charge in [-0.3, -0.25) is 0 Å². The first-order chi connectivity index (χ1) is 11.4. The summed E-state index contributed by atoms with van der Waals surface area (Å²) in [6.45, 7) is 11.1. The lowest BCUT2D eigenvalue weighted by Gasteiger charge is -2.36. The molecule has 0 aromatic heterocycles. The summed E-state index contributed by atoms with van der Waals surface area (Å²) < 4.78 is 6.38. The maximum atomic E-state index is 6.38. The zero-order valence-electron chi connectivity index (χ0n) is 16.1. The number of ether oxygens (including phenoxy) is 1. The Labute approximate surface area is 149 Å². The van der Waals surface area contributed by atoms with Crippen LogP contribution in [0.5, 0.6) is 0 Å². The van der Waals surface area contributed by atoms with Crippen molar-refractivity contribution in [1.82, 2.24) is 0 Å². The fourth-order valence-corrected chi connectivity index (χ4v) is 4.84. The molecule has 0 amide bonds. The SMILES string of the molecule is C=C1C(C2CCCCC2)=CC(OC(C)(C)C)C=C1C1CCCCC1.